The molecule has 0 bridgehead atoms. The predicted molar refractivity (Wildman–Crippen MR) is 78.4 cm³/mol. The molecule has 1 N–H and O–H groups in total. The normalized spacial score (nSPS) is 19.2. The van der Waals surface area contributed by atoms with Gasteiger partial charge in [0.05, 0.1) is 5.54 Å². The molecule has 1 aliphatic heterocycles. The van der Waals surface area contributed by atoms with Crippen molar-refractivity contribution in [3.05, 3.63) is 34.3 Å². The van der Waals surface area contributed by atoms with Crippen LogP contribution >= 0.6 is 11.6 Å². The minimum Gasteiger partial charge on any atom is -0.347 e. The van der Waals surface area contributed by atoms with Gasteiger partial charge in [-0.1, -0.05) is 23.7 Å². The number of piperidine rings is 1. The molecule has 1 fully saturated rings. The number of rotatable bonds is 2. The van der Waals surface area contributed by atoms with Gasteiger partial charge in [-0.2, -0.15) is 0 Å². The molecule has 0 unspecified atom stereocenters. The Bertz CT molecular complexity index is 479. The van der Waals surface area contributed by atoms with Crippen LogP contribution in [0.15, 0.2) is 18.2 Å². The maximum atomic E-state index is 11.6. The third kappa shape index (κ3) is 2.93. The van der Waals surface area contributed by atoms with Gasteiger partial charge < -0.3 is 10.2 Å². The Hall–Kier alpha value is -1.06. The average Bonchev–Trinajstić information content (AvgIpc) is 2.35. The van der Waals surface area contributed by atoms with Crippen molar-refractivity contribution >= 4 is 17.5 Å². The van der Waals surface area contributed by atoms with E-state index in [9.17, 15) is 4.79 Å². The van der Waals surface area contributed by atoms with Crippen molar-refractivity contribution in [2.75, 3.05) is 20.1 Å². The molecule has 104 valence electrons. The highest BCUT2D eigenvalue weighted by Crippen LogP contribution is 2.36. The largest absolute Gasteiger partial charge is 0.347 e. The molecule has 0 aliphatic carbocycles. The first-order valence-corrected chi connectivity index (χ1v) is 7.05. The third-order valence-electron chi connectivity index (χ3n) is 4.04. The van der Waals surface area contributed by atoms with Crippen LogP contribution in [0.3, 0.4) is 0 Å². The van der Waals surface area contributed by atoms with Crippen LogP contribution in [0.4, 0.5) is 0 Å². The average molecular weight is 281 g/mol. The Morgan fingerprint density at radius 1 is 1.37 bits per heavy atom. The number of carbonyl (C=O) groups excluding carboxylic acids is 1. The summed E-state index contributed by atoms with van der Waals surface area (Å²) in [7, 11) is 2.11. The minimum atomic E-state index is -0.271. The van der Waals surface area contributed by atoms with Crippen molar-refractivity contribution in [1.82, 2.24) is 10.2 Å². The summed E-state index contributed by atoms with van der Waals surface area (Å²) >= 11 is 6.24. The number of hydrogen-bond acceptors (Lipinski definition) is 2. The van der Waals surface area contributed by atoms with E-state index in [2.05, 4.69) is 23.3 Å². The topological polar surface area (TPSA) is 32.3 Å². The van der Waals surface area contributed by atoms with Gasteiger partial charge in [0.1, 0.15) is 0 Å². The lowest BCUT2D eigenvalue weighted by atomic mass is 9.79. The lowest BCUT2D eigenvalue weighted by Gasteiger charge is -2.42. The Kier molecular flexibility index (Phi) is 4.16. The third-order valence-corrected chi connectivity index (χ3v) is 4.45. The molecule has 1 heterocycles. The van der Waals surface area contributed by atoms with Crippen LogP contribution in [0.25, 0.3) is 0 Å². The fourth-order valence-corrected chi connectivity index (χ4v) is 3.10. The molecule has 1 amide bonds. The highest BCUT2D eigenvalue weighted by Gasteiger charge is 2.37. The second-order valence-corrected chi connectivity index (χ2v) is 5.89. The van der Waals surface area contributed by atoms with Crippen LogP contribution in [-0.4, -0.2) is 30.9 Å². The van der Waals surface area contributed by atoms with Gasteiger partial charge in [-0.25, -0.2) is 0 Å². The molecular formula is C15H21ClN2O. The van der Waals surface area contributed by atoms with Crippen LogP contribution in [-0.2, 0) is 10.3 Å². The van der Waals surface area contributed by atoms with Crippen LogP contribution in [0, 0.1) is 6.92 Å². The van der Waals surface area contributed by atoms with Crippen LogP contribution in [0.2, 0.25) is 5.02 Å². The summed E-state index contributed by atoms with van der Waals surface area (Å²) < 4.78 is 0. The number of likely N-dealkylation sites (tertiary alicyclic amines) is 1. The Labute approximate surface area is 119 Å². The number of amides is 1. The smallest absolute Gasteiger partial charge is 0.217 e. The first-order valence-electron chi connectivity index (χ1n) is 6.67. The lowest BCUT2D eigenvalue weighted by molar-refractivity contribution is -0.121. The molecule has 0 radical (unpaired) electrons. The van der Waals surface area contributed by atoms with E-state index in [1.807, 2.05) is 19.1 Å². The number of hydrogen-bond donors (Lipinski definition) is 1. The zero-order chi connectivity index (χ0) is 14.0. The fraction of sp³-hybridized carbons (Fsp3) is 0.533. The lowest BCUT2D eigenvalue weighted by Crippen LogP contribution is -2.52. The summed E-state index contributed by atoms with van der Waals surface area (Å²) in [4.78, 5) is 13.9. The van der Waals surface area contributed by atoms with E-state index in [4.69, 9.17) is 11.6 Å². The highest BCUT2D eigenvalue weighted by molar-refractivity contribution is 6.31. The zero-order valence-corrected chi connectivity index (χ0v) is 12.5. The van der Waals surface area contributed by atoms with Crippen molar-refractivity contribution in [3.63, 3.8) is 0 Å². The summed E-state index contributed by atoms with van der Waals surface area (Å²) in [6.45, 7) is 5.57. The van der Waals surface area contributed by atoms with Gasteiger partial charge in [0, 0.05) is 25.0 Å². The monoisotopic (exact) mass is 280 g/mol. The molecule has 4 heteroatoms. The molecule has 1 aromatic rings. The molecule has 1 saturated heterocycles. The van der Waals surface area contributed by atoms with Gasteiger partial charge in [0.2, 0.25) is 5.91 Å². The van der Waals surface area contributed by atoms with Crippen LogP contribution < -0.4 is 5.32 Å². The summed E-state index contributed by atoms with van der Waals surface area (Å²) in [5, 5.41) is 3.94. The van der Waals surface area contributed by atoms with Gasteiger partial charge in [-0.05, 0) is 44.0 Å². The Morgan fingerprint density at radius 2 is 2.00 bits per heavy atom. The van der Waals surface area contributed by atoms with E-state index < -0.39 is 0 Å². The summed E-state index contributed by atoms with van der Waals surface area (Å²) in [5.41, 5.74) is 1.96. The van der Waals surface area contributed by atoms with E-state index in [0.29, 0.717) is 0 Å². The second kappa shape index (κ2) is 5.51. The van der Waals surface area contributed by atoms with Crippen molar-refractivity contribution in [2.45, 2.75) is 32.2 Å². The van der Waals surface area contributed by atoms with Gasteiger partial charge in [-0.15, -0.1) is 0 Å². The van der Waals surface area contributed by atoms with E-state index in [1.54, 1.807) is 6.92 Å². The molecule has 0 atom stereocenters. The molecular weight excluding hydrogens is 260 g/mol. The zero-order valence-electron chi connectivity index (χ0n) is 11.8. The van der Waals surface area contributed by atoms with Crippen molar-refractivity contribution in [1.29, 1.82) is 0 Å². The number of carbonyl (C=O) groups is 1. The van der Waals surface area contributed by atoms with Gasteiger partial charge in [0.25, 0.3) is 0 Å². The quantitative estimate of drug-likeness (QED) is 0.903. The van der Waals surface area contributed by atoms with Crippen molar-refractivity contribution in [3.8, 4) is 0 Å². The van der Waals surface area contributed by atoms with Gasteiger partial charge >= 0.3 is 0 Å². The molecule has 0 saturated carbocycles. The molecule has 0 spiro atoms. The Morgan fingerprint density at radius 3 is 2.58 bits per heavy atom. The number of halogens is 1. The van der Waals surface area contributed by atoms with Crippen LogP contribution in [0.5, 0.6) is 0 Å². The summed E-state index contributed by atoms with van der Waals surface area (Å²) in [6, 6.07) is 5.95. The van der Waals surface area contributed by atoms with Gasteiger partial charge in [-0.3, -0.25) is 4.79 Å². The van der Waals surface area contributed by atoms with Gasteiger partial charge in [0.15, 0.2) is 0 Å². The van der Waals surface area contributed by atoms with Crippen molar-refractivity contribution < 1.29 is 4.79 Å². The maximum absolute atomic E-state index is 11.6. The molecule has 1 aromatic carbocycles. The Balaban J connectivity index is 2.42. The van der Waals surface area contributed by atoms with E-state index >= 15 is 0 Å². The number of benzene rings is 1. The standard InChI is InChI=1S/C15H21ClN2O/c1-11-13(5-4-6-14(11)16)15(17-12(2)19)7-9-18(3)10-8-15/h4-6H,7-10H2,1-3H3,(H,17,19). The predicted octanol–water partition coefficient (Wildman–Crippen LogP) is 2.71. The number of nitrogens with one attached hydrogen (secondary N) is 1. The van der Waals surface area contributed by atoms with E-state index in [0.717, 1.165) is 42.1 Å². The minimum absolute atomic E-state index is 0.0175. The SMILES string of the molecule is CC(=O)NC1(c2cccc(Cl)c2C)CCN(C)CC1. The molecule has 3 nitrogen and oxygen atoms in total. The first kappa shape index (κ1) is 14.4. The number of nitrogens with zero attached hydrogens (tertiary/aromatic N) is 1. The van der Waals surface area contributed by atoms with Crippen molar-refractivity contribution in [2.24, 2.45) is 0 Å². The summed E-state index contributed by atoms with van der Waals surface area (Å²) in [5.74, 6) is 0.0175. The second-order valence-electron chi connectivity index (χ2n) is 5.48. The highest BCUT2D eigenvalue weighted by atomic mass is 35.5. The fourth-order valence-electron chi connectivity index (χ4n) is 2.92. The van der Waals surface area contributed by atoms with Crippen LogP contribution in [0.1, 0.15) is 30.9 Å². The van der Waals surface area contributed by atoms with E-state index in [1.165, 1.54) is 0 Å². The van der Waals surface area contributed by atoms with E-state index in [-0.39, 0.29) is 11.4 Å². The maximum Gasteiger partial charge on any atom is 0.217 e. The molecule has 19 heavy (non-hydrogen) atoms. The molecule has 1 aliphatic rings. The molecule has 0 aromatic heterocycles. The molecule has 2 rings (SSSR count). The summed E-state index contributed by atoms with van der Waals surface area (Å²) in [6.07, 6.45) is 1.84. The first-order chi connectivity index (χ1) is 8.94.